The Kier molecular flexibility index (Phi) is 3.97. The first kappa shape index (κ1) is 14.1. The van der Waals surface area contributed by atoms with Crippen LogP contribution in [0.2, 0.25) is 0 Å². The molecule has 0 bridgehead atoms. The highest BCUT2D eigenvalue weighted by Crippen LogP contribution is 2.34. The van der Waals surface area contributed by atoms with Crippen molar-refractivity contribution in [2.75, 3.05) is 11.4 Å². The molecule has 2 unspecified atom stereocenters. The molecule has 2 atom stereocenters. The van der Waals surface area contributed by atoms with E-state index in [0.717, 1.165) is 13.0 Å². The van der Waals surface area contributed by atoms with Gasteiger partial charge in [0.2, 0.25) is 0 Å². The van der Waals surface area contributed by atoms with Crippen molar-refractivity contribution in [2.45, 2.75) is 38.3 Å². The van der Waals surface area contributed by atoms with Crippen molar-refractivity contribution in [3.05, 3.63) is 47.8 Å². The van der Waals surface area contributed by atoms with Gasteiger partial charge in [-0.2, -0.15) is 5.10 Å². The molecule has 4 nitrogen and oxygen atoms in total. The summed E-state index contributed by atoms with van der Waals surface area (Å²) in [4.78, 5) is 2.48. The Hall–Kier alpha value is -1.81. The van der Waals surface area contributed by atoms with Crippen LogP contribution in [0.5, 0.6) is 0 Å². The summed E-state index contributed by atoms with van der Waals surface area (Å²) in [6, 6.07) is 8.96. The molecular weight excluding hydrogens is 260 g/mol. The number of fused-ring (bicyclic) bond motifs is 1. The highest BCUT2D eigenvalue weighted by molar-refractivity contribution is 5.56. The third kappa shape index (κ3) is 2.81. The molecule has 4 heteroatoms. The highest BCUT2D eigenvalue weighted by atomic mass is 15.3. The van der Waals surface area contributed by atoms with Gasteiger partial charge >= 0.3 is 0 Å². The first-order valence-electron chi connectivity index (χ1n) is 7.75. The molecule has 0 aliphatic carbocycles. The van der Waals surface area contributed by atoms with Gasteiger partial charge < -0.3 is 10.6 Å². The zero-order valence-electron chi connectivity index (χ0n) is 12.9. The van der Waals surface area contributed by atoms with Crippen LogP contribution in [0.15, 0.2) is 36.7 Å². The van der Waals surface area contributed by atoms with Crippen LogP contribution in [0.1, 0.15) is 36.9 Å². The number of benzene rings is 1. The first-order chi connectivity index (χ1) is 10.2. The van der Waals surface area contributed by atoms with Crippen LogP contribution in [-0.2, 0) is 13.5 Å². The Morgan fingerprint density at radius 1 is 1.24 bits per heavy atom. The second kappa shape index (κ2) is 5.90. The van der Waals surface area contributed by atoms with Crippen molar-refractivity contribution in [1.29, 1.82) is 0 Å². The fourth-order valence-corrected chi connectivity index (χ4v) is 3.37. The number of rotatable bonds is 3. The van der Waals surface area contributed by atoms with Crippen molar-refractivity contribution >= 4 is 5.69 Å². The molecule has 2 aromatic rings. The minimum Gasteiger partial charge on any atom is -0.363 e. The highest BCUT2D eigenvalue weighted by Gasteiger charge is 2.27. The molecule has 0 spiro atoms. The van der Waals surface area contributed by atoms with E-state index < -0.39 is 0 Å². The van der Waals surface area contributed by atoms with E-state index in [1.54, 1.807) is 0 Å². The summed E-state index contributed by atoms with van der Waals surface area (Å²) < 4.78 is 1.86. The molecule has 1 aromatic heterocycles. The summed E-state index contributed by atoms with van der Waals surface area (Å²) in [5.41, 5.74) is 10.3. The monoisotopic (exact) mass is 284 g/mol. The number of nitrogens with two attached hydrogens (primary N) is 1. The van der Waals surface area contributed by atoms with E-state index in [1.165, 1.54) is 29.7 Å². The molecule has 1 aromatic carbocycles. The number of aromatic nitrogens is 2. The van der Waals surface area contributed by atoms with Gasteiger partial charge in [0, 0.05) is 37.1 Å². The molecule has 2 heterocycles. The van der Waals surface area contributed by atoms with E-state index in [4.69, 9.17) is 5.73 Å². The van der Waals surface area contributed by atoms with Gasteiger partial charge in [0.05, 0.1) is 12.2 Å². The Morgan fingerprint density at radius 2 is 2.05 bits per heavy atom. The molecule has 0 saturated carbocycles. The predicted molar refractivity (Wildman–Crippen MR) is 86.3 cm³/mol. The lowest BCUT2D eigenvalue weighted by atomic mass is 10.0. The molecule has 21 heavy (non-hydrogen) atoms. The van der Waals surface area contributed by atoms with Gasteiger partial charge in [-0.25, -0.2) is 0 Å². The van der Waals surface area contributed by atoms with Crippen LogP contribution in [0.25, 0.3) is 0 Å². The van der Waals surface area contributed by atoms with Gasteiger partial charge in [-0.15, -0.1) is 0 Å². The molecule has 0 amide bonds. The maximum atomic E-state index is 6.34. The number of aryl methyl sites for hydroxylation is 2. The molecule has 0 radical (unpaired) electrons. The Bertz CT molecular complexity index is 602. The molecule has 2 N–H and O–H groups in total. The summed E-state index contributed by atoms with van der Waals surface area (Å²) in [6.07, 6.45) is 7.64. The average molecular weight is 284 g/mol. The maximum absolute atomic E-state index is 6.34. The van der Waals surface area contributed by atoms with E-state index in [1.807, 2.05) is 17.9 Å². The van der Waals surface area contributed by atoms with Gasteiger partial charge in [-0.05, 0) is 37.8 Å². The molecule has 0 saturated heterocycles. The molecule has 1 aliphatic rings. The van der Waals surface area contributed by atoms with Crippen LogP contribution in [-0.4, -0.2) is 22.4 Å². The Labute approximate surface area is 126 Å². The summed E-state index contributed by atoms with van der Waals surface area (Å²) in [7, 11) is 1.96. The minimum absolute atomic E-state index is 0.0559. The van der Waals surface area contributed by atoms with E-state index in [2.05, 4.69) is 47.4 Å². The lowest BCUT2D eigenvalue weighted by molar-refractivity contribution is 0.524. The quantitative estimate of drug-likeness (QED) is 0.942. The summed E-state index contributed by atoms with van der Waals surface area (Å²) in [6.45, 7) is 3.14. The largest absolute Gasteiger partial charge is 0.363 e. The summed E-state index contributed by atoms with van der Waals surface area (Å²) in [5, 5.41) is 4.33. The van der Waals surface area contributed by atoms with Crippen LogP contribution in [0.3, 0.4) is 0 Å². The topological polar surface area (TPSA) is 47.1 Å². The van der Waals surface area contributed by atoms with Crippen molar-refractivity contribution in [1.82, 2.24) is 9.78 Å². The van der Waals surface area contributed by atoms with Crippen molar-refractivity contribution < 1.29 is 0 Å². The van der Waals surface area contributed by atoms with Gasteiger partial charge in [0.1, 0.15) is 0 Å². The lowest BCUT2D eigenvalue weighted by Gasteiger charge is -2.36. The van der Waals surface area contributed by atoms with Gasteiger partial charge in [0.15, 0.2) is 0 Å². The van der Waals surface area contributed by atoms with Crippen LogP contribution < -0.4 is 10.6 Å². The Morgan fingerprint density at radius 3 is 2.76 bits per heavy atom. The summed E-state index contributed by atoms with van der Waals surface area (Å²) in [5.74, 6) is 0. The zero-order valence-corrected chi connectivity index (χ0v) is 12.9. The normalized spacial score (nSPS) is 18.0. The predicted octanol–water partition coefficient (Wildman–Crippen LogP) is 2.65. The molecule has 1 aliphatic heterocycles. The van der Waals surface area contributed by atoms with Crippen molar-refractivity contribution in [3.63, 3.8) is 0 Å². The van der Waals surface area contributed by atoms with Crippen LogP contribution in [0.4, 0.5) is 5.69 Å². The zero-order chi connectivity index (χ0) is 14.8. The molecule has 0 fully saturated rings. The molecule has 3 rings (SSSR count). The van der Waals surface area contributed by atoms with Gasteiger partial charge in [-0.3, -0.25) is 4.68 Å². The first-order valence-corrected chi connectivity index (χ1v) is 7.75. The second-order valence-electron chi connectivity index (χ2n) is 6.03. The fraction of sp³-hybridized carbons (Fsp3) is 0.471. The van der Waals surface area contributed by atoms with Crippen LogP contribution >= 0.6 is 0 Å². The minimum atomic E-state index is 0.0559. The molecular formula is C17H24N4. The average Bonchev–Trinajstić information content (AvgIpc) is 2.77. The van der Waals surface area contributed by atoms with Crippen LogP contribution in [0, 0.1) is 0 Å². The maximum Gasteiger partial charge on any atom is 0.0721 e. The molecule has 112 valence electrons. The smallest absolute Gasteiger partial charge is 0.0721 e. The van der Waals surface area contributed by atoms with E-state index in [0.29, 0.717) is 0 Å². The number of nitrogens with zero attached hydrogens (tertiary/aromatic N) is 3. The second-order valence-corrected chi connectivity index (χ2v) is 6.03. The number of hydrogen-bond acceptors (Lipinski definition) is 3. The number of para-hydroxylation sites is 1. The van der Waals surface area contributed by atoms with Crippen molar-refractivity contribution in [3.8, 4) is 0 Å². The SMILES string of the molecule is CC(N)C(c1cnn(C)c1)N1CCCCc2ccccc21. The van der Waals surface area contributed by atoms with E-state index >= 15 is 0 Å². The third-order valence-electron chi connectivity index (χ3n) is 4.30. The van der Waals surface area contributed by atoms with Crippen molar-refractivity contribution in [2.24, 2.45) is 12.8 Å². The third-order valence-corrected chi connectivity index (χ3v) is 4.30. The number of hydrogen-bond donors (Lipinski definition) is 1. The van der Waals surface area contributed by atoms with E-state index in [9.17, 15) is 0 Å². The van der Waals surface area contributed by atoms with Gasteiger partial charge in [0.25, 0.3) is 0 Å². The number of anilines is 1. The van der Waals surface area contributed by atoms with E-state index in [-0.39, 0.29) is 12.1 Å². The lowest BCUT2D eigenvalue weighted by Crippen LogP contribution is -2.40. The van der Waals surface area contributed by atoms with Gasteiger partial charge in [-0.1, -0.05) is 18.2 Å². The fourth-order valence-electron chi connectivity index (χ4n) is 3.37. The standard InChI is InChI=1S/C17H24N4/c1-13(18)17(15-11-19-20(2)12-15)21-10-6-5-8-14-7-3-4-9-16(14)21/h3-4,7,9,11-13,17H,5-6,8,10,18H2,1-2H3. The summed E-state index contributed by atoms with van der Waals surface area (Å²) >= 11 is 0. The Balaban J connectivity index is 2.03.